The Kier molecular flexibility index (Phi) is 7.51. The zero-order valence-corrected chi connectivity index (χ0v) is 17.4. The molecule has 154 valence electrons. The molecule has 0 bridgehead atoms. The molecule has 0 unspecified atom stereocenters. The molecule has 3 aromatic rings. The first-order valence-electron chi connectivity index (χ1n) is 9.56. The molecule has 0 N–H and O–H groups in total. The second-order valence-corrected chi connectivity index (χ2v) is 7.83. The molecule has 0 aliphatic heterocycles. The number of nitrogens with zero attached hydrogens (tertiary/aromatic N) is 2. The van der Waals surface area contributed by atoms with Gasteiger partial charge in [0.15, 0.2) is 0 Å². The third kappa shape index (κ3) is 5.87. The van der Waals surface area contributed by atoms with Gasteiger partial charge in [0, 0.05) is 23.5 Å². The van der Waals surface area contributed by atoms with Crippen molar-refractivity contribution in [1.29, 1.82) is 0 Å². The third-order valence-electron chi connectivity index (χ3n) is 4.55. The van der Waals surface area contributed by atoms with Gasteiger partial charge in [-0.15, -0.1) is 17.9 Å². The molecule has 0 saturated carbocycles. The van der Waals surface area contributed by atoms with E-state index < -0.39 is 5.82 Å². The lowest BCUT2D eigenvalue weighted by atomic mass is 10.2. The van der Waals surface area contributed by atoms with Crippen LogP contribution < -0.4 is 0 Å². The summed E-state index contributed by atoms with van der Waals surface area (Å²) in [5, 5.41) is 1.97. The van der Waals surface area contributed by atoms with Gasteiger partial charge in [-0.25, -0.2) is 4.39 Å². The van der Waals surface area contributed by atoms with E-state index >= 15 is 0 Å². The van der Waals surface area contributed by atoms with Crippen molar-refractivity contribution in [3.8, 4) is 0 Å². The van der Waals surface area contributed by atoms with Crippen molar-refractivity contribution in [2.24, 2.45) is 0 Å². The number of hydrogen-bond acceptors (Lipinski definition) is 3. The van der Waals surface area contributed by atoms with Gasteiger partial charge in [-0.1, -0.05) is 42.5 Å². The van der Waals surface area contributed by atoms with Gasteiger partial charge < -0.3 is 9.80 Å². The van der Waals surface area contributed by atoms with Gasteiger partial charge in [0.2, 0.25) is 5.91 Å². The Balaban J connectivity index is 1.77. The molecule has 3 rings (SSSR count). The van der Waals surface area contributed by atoms with E-state index in [0.717, 1.165) is 10.4 Å². The van der Waals surface area contributed by atoms with Gasteiger partial charge >= 0.3 is 0 Å². The average molecular weight is 423 g/mol. The van der Waals surface area contributed by atoms with E-state index in [-0.39, 0.29) is 24.9 Å². The molecule has 0 radical (unpaired) electrons. The summed E-state index contributed by atoms with van der Waals surface area (Å²) in [6.45, 7) is 4.75. The fourth-order valence-corrected chi connectivity index (χ4v) is 3.76. The van der Waals surface area contributed by atoms with Crippen molar-refractivity contribution in [1.82, 2.24) is 9.80 Å². The van der Waals surface area contributed by atoms with Gasteiger partial charge in [-0.2, -0.15) is 0 Å². The fraction of sp³-hybridized carbons (Fsp3) is 0.167. The first-order chi connectivity index (χ1) is 14.6. The largest absolute Gasteiger partial charge is 0.332 e. The standard InChI is InChI=1S/C24H23FN2O2S/c1-2-14-26(24(29)20-10-12-21(25)13-11-20)18-23(28)27(17-22-9-6-15-30-22)16-19-7-4-3-5-8-19/h2-13,15H,1,14,16-18H2. The summed E-state index contributed by atoms with van der Waals surface area (Å²) in [7, 11) is 0. The smallest absolute Gasteiger partial charge is 0.254 e. The Hall–Kier alpha value is -3.25. The van der Waals surface area contributed by atoms with E-state index in [9.17, 15) is 14.0 Å². The lowest BCUT2D eigenvalue weighted by Gasteiger charge is -2.27. The van der Waals surface area contributed by atoms with Crippen molar-refractivity contribution in [2.45, 2.75) is 13.1 Å². The third-order valence-corrected chi connectivity index (χ3v) is 5.41. The van der Waals surface area contributed by atoms with Crippen LogP contribution in [0.4, 0.5) is 4.39 Å². The van der Waals surface area contributed by atoms with Crippen molar-refractivity contribution in [3.63, 3.8) is 0 Å². The van der Waals surface area contributed by atoms with Crippen LogP contribution in [0, 0.1) is 5.82 Å². The Labute approximate surface area is 179 Å². The minimum absolute atomic E-state index is 0.0829. The Bertz CT molecular complexity index is 972. The summed E-state index contributed by atoms with van der Waals surface area (Å²) >= 11 is 1.59. The summed E-state index contributed by atoms with van der Waals surface area (Å²) in [6, 6.07) is 19.0. The van der Waals surface area contributed by atoms with Gasteiger partial charge in [0.05, 0.1) is 6.54 Å². The van der Waals surface area contributed by atoms with E-state index in [4.69, 9.17) is 0 Å². The summed E-state index contributed by atoms with van der Waals surface area (Å²) in [5.74, 6) is -0.911. The second kappa shape index (κ2) is 10.5. The molecule has 2 amide bonds. The molecule has 6 heteroatoms. The molecule has 4 nitrogen and oxygen atoms in total. The van der Waals surface area contributed by atoms with Crippen LogP contribution >= 0.6 is 11.3 Å². The van der Waals surface area contributed by atoms with Crippen molar-refractivity contribution in [2.75, 3.05) is 13.1 Å². The molecule has 0 saturated heterocycles. The SMILES string of the molecule is C=CCN(CC(=O)N(Cc1ccccc1)Cc1cccs1)C(=O)c1ccc(F)cc1. The minimum atomic E-state index is -0.414. The van der Waals surface area contributed by atoms with E-state index in [1.165, 1.54) is 29.2 Å². The summed E-state index contributed by atoms with van der Waals surface area (Å²) in [4.78, 5) is 30.3. The second-order valence-electron chi connectivity index (χ2n) is 6.80. The molecular formula is C24H23FN2O2S. The van der Waals surface area contributed by atoms with Crippen LogP contribution in [0.2, 0.25) is 0 Å². The number of hydrogen-bond donors (Lipinski definition) is 0. The van der Waals surface area contributed by atoms with Gasteiger partial charge in [-0.3, -0.25) is 9.59 Å². The topological polar surface area (TPSA) is 40.6 Å². The highest BCUT2D eigenvalue weighted by molar-refractivity contribution is 7.09. The molecule has 2 aromatic carbocycles. The monoisotopic (exact) mass is 422 g/mol. The number of carbonyl (C=O) groups is 2. The lowest BCUT2D eigenvalue weighted by molar-refractivity contribution is -0.133. The predicted molar refractivity (Wildman–Crippen MR) is 118 cm³/mol. The number of amides is 2. The predicted octanol–water partition coefficient (Wildman–Crippen LogP) is 4.74. The zero-order chi connectivity index (χ0) is 21.3. The first-order valence-corrected chi connectivity index (χ1v) is 10.4. The number of thiophene rings is 1. The molecule has 1 aromatic heterocycles. The molecule has 0 spiro atoms. The number of carbonyl (C=O) groups excluding carboxylic acids is 2. The maximum absolute atomic E-state index is 13.2. The highest BCUT2D eigenvalue weighted by Crippen LogP contribution is 2.16. The van der Waals surface area contributed by atoms with E-state index in [1.54, 1.807) is 22.3 Å². The molecular weight excluding hydrogens is 399 g/mol. The Morgan fingerprint density at radius 3 is 2.30 bits per heavy atom. The van der Waals surface area contributed by atoms with Crippen molar-refractivity contribution < 1.29 is 14.0 Å². The molecule has 0 aliphatic rings. The lowest BCUT2D eigenvalue weighted by Crippen LogP contribution is -2.42. The summed E-state index contributed by atoms with van der Waals surface area (Å²) < 4.78 is 13.2. The van der Waals surface area contributed by atoms with Crippen LogP contribution in [0.15, 0.2) is 84.8 Å². The molecule has 0 aliphatic carbocycles. The van der Waals surface area contributed by atoms with Crippen LogP contribution in [-0.4, -0.2) is 34.7 Å². The maximum Gasteiger partial charge on any atom is 0.254 e. The van der Waals surface area contributed by atoms with Crippen LogP contribution in [-0.2, 0) is 17.9 Å². The molecule has 30 heavy (non-hydrogen) atoms. The van der Waals surface area contributed by atoms with Crippen LogP contribution in [0.3, 0.4) is 0 Å². The Morgan fingerprint density at radius 2 is 1.67 bits per heavy atom. The van der Waals surface area contributed by atoms with E-state index in [1.807, 2.05) is 47.8 Å². The number of rotatable bonds is 9. The quantitative estimate of drug-likeness (QED) is 0.467. The van der Waals surface area contributed by atoms with Crippen LogP contribution in [0.1, 0.15) is 20.8 Å². The van der Waals surface area contributed by atoms with E-state index in [0.29, 0.717) is 18.7 Å². The van der Waals surface area contributed by atoms with E-state index in [2.05, 4.69) is 6.58 Å². The highest BCUT2D eigenvalue weighted by Gasteiger charge is 2.22. The first kappa shape index (κ1) is 21.5. The van der Waals surface area contributed by atoms with Crippen molar-refractivity contribution >= 4 is 23.2 Å². The number of halogens is 1. The van der Waals surface area contributed by atoms with Crippen molar-refractivity contribution in [3.05, 3.63) is 107 Å². The van der Waals surface area contributed by atoms with Gasteiger partial charge in [0.1, 0.15) is 12.4 Å². The molecule has 0 atom stereocenters. The van der Waals surface area contributed by atoms with Crippen LogP contribution in [0.5, 0.6) is 0 Å². The Morgan fingerprint density at radius 1 is 0.933 bits per heavy atom. The molecule has 1 heterocycles. The summed E-state index contributed by atoms with van der Waals surface area (Å²) in [6.07, 6.45) is 1.58. The maximum atomic E-state index is 13.2. The summed E-state index contributed by atoms with van der Waals surface area (Å²) in [5.41, 5.74) is 1.35. The number of benzene rings is 2. The van der Waals surface area contributed by atoms with Gasteiger partial charge in [-0.05, 0) is 41.3 Å². The van der Waals surface area contributed by atoms with Gasteiger partial charge in [0.25, 0.3) is 5.91 Å². The normalized spacial score (nSPS) is 10.4. The zero-order valence-electron chi connectivity index (χ0n) is 16.5. The molecule has 0 fully saturated rings. The average Bonchev–Trinajstić information content (AvgIpc) is 3.27. The minimum Gasteiger partial charge on any atom is -0.332 e. The van der Waals surface area contributed by atoms with Crippen LogP contribution in [0.25, 0.3) is 0 Å². The fourth-order valence-electron chi connectivity index (χ4n) is 3.04. The highest BCUT2D eigenvalue weighted by atomic mass is 32.1.